The largest absolute Gasteiger partial charge is 0.511 e. The molecule has 0 heterocycles. The molecule has 0 amide bonds. The van der Waals surface area contributed by atoms with E-state index in [0.717, 1.165) is 12.0 Å². The summed E-state index contributed by atoms with van der Waals surface area (Å²) in [7, 11) is 0. The van der Waals surface area contributed by atoms with Gasteiger partial charge in [-0.1, -0.05) is 38.1 Å². The van der Waals surface area contributed by atoms with Crippen LogP contribution < -0.4 is 0 Å². The molecule has 5 nitrogen and oxygen atoms in total. The van der Waals surface area contributed by atoms with E-state index in [-0.39, 0.29) is 6.61 Å². The Morgan fingerprint density at radius 2 is 1.62 bits per heavy atom. The van der Waals surface area contributed by atoms with Crippen molar-refractivity contribution in [3.8, 4) is 0 Å². The van der Waals surface area contributed by atoms with Gasteiger partial charge in [-0.2, -0.15) is 0 Å². The second-order valence-corrected chi connectivity index (χ2v) is 6.67. The number of rotatable bonds is 7. The maximum atomic E-state index is 12.3. The summed E-state index contributed by atoms with van der Waals surface area (Å²) in [5, 5.41) is 0. The Labute approximate surface area is 144 Å². The van der Waals surface area contributed by atoms with Gasteiger partial charge in [-0.3, -0.25) is 4.79 Å². The summed E-state index contributed by atoms with van der Waals surface area (Å²) in [5.74, 6) is -1.71. The average Bonchev–Trinajstić information content (AvgIpc) is 2.45. The predicted octanol–water partition coefficient (Wildman–Crippen LogP) is 4.44. The highest BCUT2D eigenvalue weighted by Gasteiger charge is 2.31. The van der Waals surface area contributed by atoms with Crippen LogP contribution in [0.4, 0.5) is 4.79 Å². The van der Waals surface area contributed by atoms with Gasteiger partial charge in [-0.25, -0.2) is 4.79 Å². The first-order valence-electron chi connectivity index (χ1n) is 8.32. The van der Waals surface area contributed by atoms with Crippen molar-refractivity contribution in [1.29, 1.82) is 0 Å². The maximum absolute atomic E-state index is 12.3. The third-order valence-corrected chi connectivity index (χ3v) is 3.41. The first kappa shape index (κ1) is 20.0. The van der Waals surface area contributed by atoms with Crippen molar-refractivity contribution in [3.63, 3.8) is 0 Å². The van der Waals surface area contributed by atoms with Crippen LogP contribution in [0.25, 0.3) is 0 Å². The van der Waals surface area contributed by atoms with E-state index in [4.69, 9.17) is 14.2 Å². The van der Waals surface area contributed by atoms with Crippen LogP contribution in [0.5, 0.6) is 0 Å². The van der Waals surface area contributed by atoms with Crippen molar-refractivity contribution in [2.45, 2.75) is 59.7 Å². The molecular formula is C19H28O5. The Hall–Kier alpha value is -2.04. The molecule has 0 aliphatic rings. The van der Waals surface area contributed by atoms with Crippen LogP contribution in [0.1, 0.15) is 58.6 Å². The van der Waals surface area contributed by atoms with Gasteiger partial charge in [0.1, 0.15) is 0 Å². The zero-order valence-corrected chi connectivity index (χ0v) is 15.4. The molecular weight excluding hydrogens is 308 g/mol. The summed E-state index contributed by atoms with van der Waals surface area (Å²) in [4.78, 5) is 23.7. The van der Waals surface area contributed by atoms with Crippen molar-refractivity contribution in [1.82, 2.24) is 0 Å². The summed E-state index contributed by atoms with van der Waals surface area (Å²) in [5.41, 5.74) is 2.10. The summed E-state index contributed by atoms with van der Waals surface area (Å²) in [6.07, 6.45) is 0.139. The summed E-state index contributed by atoms with van der Waals surface area (Å²) in [6.45, 7) is 11.0. The Kier molecular flexibility index (Phi) is 7.26. The fourth-order valence-electron chi connectivity index (χ4n) is 2.25. The average molecular weight is 336 g/mol. The third-order valence-electron chi connectivity index (χ3n) is 3.41. The van der Waals surface area contributed by atoms with Crippen molar-refractivity contribution < 1.29 is 23.8 Å². The first-order valence-corrected chi connectivity index (χ1v) is 8.32. The van der Waals surface area contributed by atoms with E-state index in [1.807, 2.05) is 24.3 Å². The van der Waals surface area contributed by atoms with Crippen LogP contribution in [0, 0.1) is 5.92 Å². The molecule has 0 N–H and O–H groups in total. The molecule has 1 atom stereocenters. The van der Waals surface area contributed by atoms with Crippen LogP contribution in [0.15, 0.2) is 24.3 Å². The van der Waals surface area contributed by atoms with E-state index in [1.165, 1.54) is 19.4 Å². The zero-order valence-electron chi connectivity index (χ0n) is 15.4. The minimum absolute atomic E-state index is 0.196. The van der Waals surface area contributed by atoms with Crippen LogP contribution in [0.3, 0.4) is 0 Å². The predicted molar refractivity (Wildman–Crippen MR) is 91.7 cm³/mol. The lowest BCUT2D eigenvalue weighted by molar-refractivity contribution is -0.201. The zero-order chi connectivity index (χ0) is 18.3. The van der Waals surface area contributed by atoms with E-state index in [0.29, 0.717) is 5.92 Å². The molecule has 0 aromatic heterocycles. The molecule has 0 aliphatic heterocycles. The van der Waals surface area contributed by atoms with E-state index in [2.05, 4.69) is 13.8 Å². The van der Waals surface area contributed by atoms with Gasteiger partial charge in [0.2, 0.25) is 0 Å². The summed E-state index contributed by atoms with van der Waals surface area (Å²) < 4.78 is 15.0. The molecule has 0 saturated heterocycles. The minimum Gasteiger partial charge on any atom is -0.434 e. The Morgan fingerprint density at radius 1 is 1.04 bits per heavy atom. The Morgan fingerprint density at radius 3 is 2.12 bits per heavy atom. The van der Waals surface area contributed by atoms with Crippen LogP contribution in [0.2, 0.25) is 0 Å². The SMILES string of the molecule is CCOC(=O)OC(C)(C)OC(=O)[C@@H](C)c1ccc(CC(C)C)cc1. The number of benzene rings is 1. The first-order chi connectivity index (χ1) is 11.1. The molecule has 1 aromatic carbocycles. The van der Waals surface area contributed by atoms with E-state index < -0.39 is 23.8 Å². The topological polar surface area (TPSA) is 61.8 Å². The highest BCUT2D eigenvalue weighted by Crippen LogP contribution is 2.22. The van der Waals surface area contributed by atoms with Crippen LogP contribution >= 0.6 is 0 Å². The molecule has 1 aromatic rings. The van der Waals surface area contributed by atoms with Gasteiger partial charge in [0.25, 0.3) is 5.79 Å². The van der Waals surface area contributed by atoms with Crippen molar-refractivity contribution in [2.24, 2.45) is 5.92 Å². The van der Waals surface area contributed by atoms with E-state index >= 15 is 0 Å². The van der Waals surface area contributed by atoms with Gasteiger partial charge in [-0.05, 0) is 37.3 Å². The summed E-state index contributed by atoms with van der Waals surface area (Å²) >= 11 is 0. The molecule has 0 fully saturated rings. The van der Waals surface area contributed by atoms with Crippen LogP contribution in [-0.2, 0) is 25.4 Å². The quantitative estimate of drug-likeness (QED) is 0.544. The third kappa shape index (κ3) is 6.60. The lowest BCUT2D eigenvalue weighted by Crippen LogP contribution is -2.35. The van der Waals surface area contributed by atoms with Crippen molar-refractivity contribution >= 4 is 12.1 Å². The molecule has 1 rings (SSSR count). The fraction of sp³-hybridized carbons (Fsp3) is 0.579. The second-order valence-electron chi connectivity index (χ2n) is 6.67. The Balaban J connectivity index is 2.68. The molecule has 0 aliphatic carbocycles. The highest BCUT2D eigenvalue weighted by molar-refractivity contribution is 5.78. The molecule has 0 bridgehead atoms. The summed E-state index contributed by atoms with van der Waals surface area (Å²) in [6, 6.07) is 7.92. The van der Waals surface area contributed by atoms with Gasteiger partial charge < -0.3 is 14.2 Å². The molecule has 0 spiro atoms. The van der Waals surface area contributed by atoms with Gasteiger partial charge in [0, 0.05) is 13.8 Å². The number of hydrogen-bond donors (Lipinski definition) is 0. The number of carbonyl (C=O) groups excluding carboxylic acids is 2. The Bertz CT molecular complexity index is 545. The van der Waals surface area contributed by atoms with Gasteiger partial charge in [0.15, 0.2) is 0 Å². The number of carbonyl (C=O) groups is 2. The normalized spacial score (nSPS) is 12.6. The minimum atomic E-state index is -1.38. The number of hydrogen-bond acceptors (Lipinski definition) is 5. The lowest BCUT2D eigenvalue weighted by Gasteiger charge is -2.26. The molecule has 134 valence electrons. The second kappa shape index (κ2) is 8.71. The van der Waals surface area contributed by atoms with Crippen LogP contribution in [-0.4, -0.2) is 24.5 Å². The molecule has 24 heavy (non-hydrogen) atoms. The molecule has 0 saturated carbocycles. The van der Waals surface area contributed by atoms with E-state index in [9.17, 15) is 9.59 Å². The number of esters is 1. The van der Waals surface area contributed by atoms with Gasteiger partial charge in [0.05, 0.1) is 12.5 Å². The standard InChI is InChI=1S/C19H28O5/c1-7-22-18(21)24-19(5,6)23-17(20)14(4)16-10-8-15(9-11-16)12-13(2)3/h8-11,13-14H,7,12H2,1-6H3/t14-/m0/s1. The smallest absolute Gasteiger partial charge is 0.434 e. The monoisotopic (exact) mass is 336 g/mol. The van der Waals surface area contributed by atoms with E-state index in [1.54, 1.807) is 13.8 Å². The molecule has 5 heteroatoms. The number of ether oxygens (including phenoxy) is 3. The van der Waals surface area contributed by atoms with Crippen molar-refractivity contribution in [3.05, 3.63) is 35.4 Å². The molecule has 0 radical (unpaired) electrons. The fourth-order valence-corrected chi connectivity index (χ4v) is 2.25. The lowest BCUT2D eigenvalue weighted by atomic mass is 9.97. The van der Waals surface area contributed by atoms with Gasteiger partial charge >= 0.3 is 12.1 Å². The molecule has 0 unspecified atom stereocenters. The van der Waals surface area contributed by atoms with Gasteiger partial charge in [-0.15, -0.1) is 0 Å². The van der Waals surface area contributed by atoms with Crippen molar-refractivity contribution in [2.75, 3.05) is 6.61 Å². The maximum Gasteiger partial charge on any atom is 0.511 e. The highest BCUT2D eigenvalue weighted by atomic mass is 16.8.